The Balaban J connectivity index is 3.66. The van der Waals surface area contributed by atoms with Crippen molar-refractivity contribution in [2.45, 2.75) is 44.8 Å². The minimum absolute atomic E-state index is 0.587. The maximum Gasteiger partial charge on any atom is 0.114 e. The van der Waals surface area contributed by atoms with Gasteiger partial charge in [-0.2, -0.15) is 12.6 Å². The molecule has 0 aromatic carbocycles. The van der Waals surface area contributed by atoms with Crippen molar-refractivity contribution in [3.05, 3.63) is 0 Å². The predicted octanol–water partition coefficient (Wildman–Crippen LogP) is 1.22. The van der Waals surface area contributed by atoms with Gasteiger partial charge < -0.3 is 10.2 Å². The molecule has 0 rings (SSSR count). The van der Waals surface area contributed by atoms with Crippen LogP contribution in [0.15, 0.2) is 0 Å². The van der Waals surface area contributed by atoms with E-state index < -0.39 is 12.2 Å². The summed E-state index contributed by atoms with van der Waals surface area (Å²) in [4.78, 5) is 0. The van der Waals surface area contributed by atoms with Crippen molar-refractivity contribution in [1.82, 2.24) is 0 Å². The lowest BCUT2D eigenvalue weighted by molar-refractivity contribution is 0.210. The molecule has 0 aliphatic rings. The van der Waals surface area contributed by atoms with Gasteiger partial charge in [0.1, 0.15) is 12.2 Å². The zero-order chi connectivity index (χ0) is 10.1. The van der Waals surface area contributed by atoms with Crippen LogP contribution in [0.4, 0.5) is 0 Å². The Morgan fingerprint density at radius 1 is 1.15 bits per heavy atom. The summed E-state index contributed by atoms with van der Waals surface area (Å²) < 4.78 is 0. The molecule has 0 radical (unpaired) electrons. The normalized spacial score (nSPS) is 14.5. The molecule has 2 unspecified atom stereocenters. The highest BCUT2D eigenvalue weighted by molar-refractivity contribution is 7.80. The van der Waals surface area contributed by atoms with Gasteiger partial charge in [-0.1, -0.05) is 25.2 Å². The first kappa shape index (κ1) is 12.8. The molecule has 0 aromatic heterocycles. The molecule has 13 heavy (non-hydrogen) atoms. The van der Waals surface area contributed by atoms with Gasteiger partial charge in [-0.05, 0) is 25.0 Å². The number of hydrogen-bond acceptors (Lipinski definition) is 3. The maximum atomic E-state index is 9.28. The van der Waals surface area contributed by atoms with Crippen LogP contribution < -0.4 is 0 Å². The van der Waals surface area contributed by atoms with Crippen molar-refractivity contribution in [1.29, 1.82) is 0 Å². The van der Waals surface area contributed by atoms with Gasteiger partial charge >= 0.3 is 0 Å². The van der Waals surface area contributed by atoms with E-state index in [0.29, 0.717) is 12.8 Å². The molecule has 0 aromatic rings. The SMILES string of the molecule is CCCC(O)C#CC(O)CCCS. The molecular weight excluding hydrogens is 184 g/mol. The Labute approximate surface area is 85.8 Å². The second kappa shape index (κ2) is 8.43. The molecule has 0 aliphatic heterocycles. The first-order chi connectivity index (χ1) is 6.20. The summed E-state index contributed by atoms with van der Waals surface area (Å²) in [6, 6.07) is 0. The van der Waals surface area contributed by atoms with Crippen LogP contribution in [0.5, 0.6) is 0 Å². The van der Waals surface area contributed by atoms with Crippen LogP contribution in [-0.2, 0) is 0 Å². The maximum absolute atomic E-state index is 9.28. The third-order valence-electron chi connectivity index (χ3n) is 1.61. The number of thiol groups is 1. The van der Waals surface area contributed by atoms with Gasteiger partial charge in [0.25, 0.3) is 0 Å². The molecule has 3 heteroatoms. The number of aliphatic hydroxyl groups is 2. The third-order valence-corrected chi connectivity index (χ3v) is 1.93. The summed E-state index contributed by atoms with van der Waals surface area (Å²) in [5, 5.41) is 18.5. The average Bonchev–Trinajstić information content (AvgIpc) is 2.12. The Morgan fingerprint density at radius 3 is 2.15 bits per heavy atom. The molecule has 76 valence electrons. The largest absolute Gasteiger partial charge is 0.380 e. The fourth-order valence-corrected chi connectivity index (χ4v) is 1.08. The molecule has 0 fully saturated rings. The van der Waals surface area contributed by atoms with Gasteiger partial charge in [0.15, 0.2) is 0 Å². The Kier molecular flexibility index (Phi) is 8.32. The Bertz CT molecular complexity index is 171. The van der Waals surface area contributed by atoms with Crippen molar-refractivity contribution in [2.75, 3.05) is 5.75 Å². The molecule has 0 bridgehead atoms. The smallest absolute Gasteiger partial charge is 0.114 e. The molecule has 2 nitrogen and oxygen atoms in total. The standard InChI is InChI=1S/C10H18O2S/c1-2-4-9(11)6-7-10(12)5-3-8-13/h9-13H,2-5,8H2,1H3. The highest BCUT2D eigenvalue weighted by Gasteiger charge is 1.99. The van der Waals surface area contributed by atoms with Crippen molar-refractivity contribution < 1.29 is 10.2 Å². The first-order valence-electron chi connectivity index (χ1n) is 4.68. The highest BCUT2D eigenvalue weighted by atomic mass is 32.1. The van der Waals surface area contributed by atoms with Crippen LogP contribution in [0.2, 0.25) is 0 Å². The van der Waals surface area contributed by atoms with E-state index in [9.17, 15) is 10.2 Å². The monoisotopic (exact) mass is 202 g/mol. The van der Waals surface area contributed by atoms with E-state index in [1.165, 1.54) is 0 Å². The van der Waals surface area contributed by atoms with Crippen LogP contribution >= 0.6 is 12.6 Å². The number of hydrogen-bond donors (Lipinski definition) is 3. The second-order valence-corrected chi connectivity index (χ2v) is 3.42. The highest BCUT2D eigenvalue weighted by Crippen LogP contribution is 1.98. The second-order valence-electron chi connectivity index (χ2n) is 2.97. The van der Waals surface area contributed by atoms with E-state index in [2.05, 4.69) is 24.5 Å². The fraction of sp³-hybridized carbons (Fsp3) is 0.800. The molecule has 0 spiro atoms. The van der Waals surface area contributed by atoms with Crippen LogP contribution in [0.3, 0.4) is 0 Å². The van der Waals surface area contributed by atoms with E-state index in [4.69, 9.17) is 0 Å². The van der Waals surface area contributed by atoms with Crippen LogP contribution in [0, 0.1) is 11.8 Å². The summed E-state index contributed by atoms with van der Waals surface area (Å²) in [5.41, 5.74) is 0. The van der Waals surface area contributed by atoms with Crippen molar-refractivity contribution in [2.24, 2.45) is 0 Å². The first-order valence-corrected chi connectivity index (χ1v) is 5.32. The minimum atomic E-state index is -0.612. The molecule has 0 amide bonds. The Hall–Kier alpha value is -0.170. The Morgan fingerprint density at radius 2 is 1.69 bits per heavy atom. The van der Waals surface area contributed by atoms with Gasteiger partial charge in [-0.3, -0.25) is 0 Å². The summed E-state index contributed by atoms with van der Waals surface area (Å²) in [5.74, 6) is 6.01. The minimum Gasteiger partial charge on any atom is -0.380 e. The third kappa shape index (κ3) is 8.17. The van der Waals surface area contributed by atoms with Crippen molar-refractivity contribution in [3.63, 3.8) is 0 Å². The van der Waals surface area contributed by atoms with Crippen molar-refractivity contribution in [3.8, 4) is 11.8 Å². The number of aliphatic hydroxyl groups excluding tert-OH is 2. The van der Waals surface area contributed by atoms with E-state index >= 15 is 0 Å². The van der Waals surface area contributed by atoms with Gasteiger partial charge in [0, 0.05) is 0 Å². The van der Waals surface area contributed by atoms with Gasteiger partial charge in [-0.25, -0.2) is 0 Å². The van der Waals surface area contributed by atoms with Crippen LogP contribution in [-0.4, -0.2) is 28.2 Å². The lowest BCUT2D eigenvalue weighted by atomic mass is 10.2. The average molecular weight is 202 g/mol. The van der Waals surface area contributed by atoms with E-state index in [0.717, 1.165) is 18.6 Å². The van der Waals surface area contributed by atoms with Gasteiger partial charge in [0.05, 0.1) is 0 Å². The summed E-state index contributed by atoms with van der Waals surface area (Å²) in [7, 11) is 0. The zero-order valence-corrected chi connectivity index (χ0v) is 8.93. The molecule has 2 N–H and O–H groups in total. The summed E-state index contributed by atoms with van der Waals surface area (Å²) in [6.45, 7) is 1.99. The van der Waals surface area contributed by atoms with E-state index in [1.54, 1.807) is 0 Å². The molecule has 0 heterocycles. The van der Waals surface area contributed by atoms with E-state index in [-0.39, 0.29) is 0 Å². The molecule has 0 saturated carbocycles. The van der Waals surface area contributed by atoms with Gasteiger partial charge in [0.2, 0.25) is 0 Å². The molecule has 0 saturated heterocycles. The lowest BCUT2D eigenvalue weighted by Crippen LogP contribution is -2.06. The lowest BCUT2D eigenvalue weighted by Gasteiger charge is -2.02. The van der Waals surface area contributed by atoms with Crippen LogP contribution in [0.1, 0.15) is 32.6 Å². The predicted molar refractivity (Wildman–Crippen MR) is 57.8 cm³/mol. The van der Waals surface area contributed by atoms with E-state index in [1.807, 2.05) is 6.92 Å². The summed E-state index contributed by atoms with van der Waals surface area (Å²) in [6.07, 6.45) is 1.86. The fourth-order valence-electron chi connectivity index (χ4n) is 0.895. The molecular formula is C10H18O2S. The quantitative estimate of drug-likeness (QED) is 0.463. The molecule has 0 aliphatic carbocycles. The number of rotatable bonds is 5. The topological polar surface area (TPSA) is 40.5 Å². The summed E-state index contributed by atoms with van der Waals surface area (Å²) >= 11 is 4.03. The van der Waals surface area contributed by atoms with Crippen molar-refractivity contribution >= 4 is 12.6 Å². The molecule has 2 atom stereocenters. The van der Waals surface area contributed by atoms with Crippen LogP contribution in [0.25, 0.3) is 0 Å². The van der Waals surface area contributed by atoms with Gasteiger partial charge in [-0.15, -0.1) is 0 Å². The zero-order valence-electron chi connectivity index (χ0n) is 8.03.